The highest BCUT2D eigenvalue weighted by Gasteiger charge is 1.94. The van der Waals surface area contributed by atoms with E-state index in [-0.39, 0.29) is 0 Å². The first kappa shape index (κ1) is 2.62. The van der Waals surface area contributed by atoms with Crippen LogP contribution in [0.4, 0.5) is 0 Å². The predicted octanol–water partition coefficient (Wildman–Crippen LogP) is 0.222. The number of nitrogens with one attached hydrogen (secondary N) is 1. The van der Waals surface area contributed by atoms with E-state index in [1.165, 1.54) is 6.29 Å². The van der Waals surface area contributed by atoms with Gasteiger partial charge in [-0.2, -0.15) is 0 Å². The molecule has 0 aromatic heterocycles. The lowest BCUT2D eigenvalue weighted by Crippen LogP contribution is -2.14. The van der Waals surface area contributed by atoms with Gasteiger partial charge in [0.25, 0.3) is 0 Å². The van der Waals surface area contributed by atoms with E-state index in [2.05, 4.69) is 11.6 Å². The Balaban J connectivity index is 2.00. The van der Waals surface area contributed by atoms with Gasteiger partial charge in [0, 0.05) is 6.29 Å². The maximum atomic E-state index is 2.89. The Morgan fingerprint density at radius 3 is 2.25 bits per heavy atom. The molecule has 0 amide bonds. The molecule has 1 fully saturated rings. The smallest absolute Gasteiger partial charge is 0.0854 e. The Morgan fingerprint density at radius 1 is 2.00 bits per heavy atom. The minimum Gasteiger partial charge on any atom is -0.300 e. The van der Waals surface area contributed by atoms with Crippen molar-refractivity contribution in [3.63, 3.8) is 0 Å². The molecule has 1 rings (SSSR count). The van der Waals surface area contributed by atoms with E-state index < -0.39 is 0 Å². The van der Waals surface area contributed by atoms with Crippen LogP contribution in [0.25, 0.3) is 0 Å². The molecule has 0 bridgehead atoms. The lowest BCUT2D eigenvalue weighted by molar-refractivity contribution is 0.971. The Morgan fingerprint density at radius 2 is 2.25 bits per heavy atom. The van der Waals surface area contributed by atoms with Crippen molar-refractivity contribution in [1.29, 1.82) is 0 Å². The molecule has 0 spiro atoms. The number of hydrogen-bond acceptors (Lipinski definition) is 1. The van der Waals surface area contributed by atoms with E-state index in [0.717, 1.165) is 8.58 Å². The van der Waals surface area contributed by atoms with Gasteiger partial charge in [-0.05, 0) is 0 Å². The van der Waals surface area contributed by atoms with Crippen molar-refractivity contribution in [2.45, 2.75) is 0 Å². The van der Waals surface area contributed by atoms with Crippen molar-refractivity contribution in [3.05, 3.63) is 6.29 Å². The van der Waals surface area contributed by atoms with Crippen LogP contribution >= 0.6 is 8.58 Å². The molecule has 2 radical (unpaired) electrons. The zero-order valence-corrected chi connectivity index (χ0v) is 3.21. The van der Waals surface area contributed by atoms with Crippen molar-refractivity contribution in [2.75, 3.05) is 6.29 Å². The Kier molecular flexibility index (Phi) is 0.658. The monoisotopic (exact) mass is 73.0 g/mol. The number of hydrogen-bond donors (Lipinski definition) is 1. The van der Waals surface area contributed by atoms with Crippen molar-refractivity contribution < 1.29 is 0 Å². The highest BCUT2D eigenvalue weighted by Crippen LogP contribution is 2.17. The summed E-state index contributed by atoms with van der Waals surface area (Å²) in [5.41, 5.74) is 0. The van der Waals surface area contributed by atoms with Crippen LogP contribution in [0.5, 0.6) is 0 Å². The van der Waals surface area contributed by atoms with Crippen LogP contribution in [0.1, 0.15) is 0 Å². The van der Waals surface area contributed by atoms with E-state index in [9.17, 15) is 0 Å². The molecule has 22 valence electrons. The molecule has 1 saturated heterocycles. The second-order valence-electron chi connectivity index (χ2n) is 0.655. The van der Waals surface area contributed by atoms with Gasteiger partial charge in [-0.1, -0.05) is 8.58 Å². The molecule has 1 atom stereocenters. The summed E-state index contributed by atoms with van der Waals surface area (Å²) in [6.07, 6.45) is 4.06. The number of rotatable bonds is 0. The Hall–Kier alpha value is 0.390. The maximum absolute atomic E-state index is 2.89. The summed E-state index contributed by atoms with van der Waals surface area (Å²) in [6.45, 7) is 0. The van der Waals surface area contributed by atoms with Crippen LogP contribution in [-0.4, -0.2) is 6.29 Å². The van der Waals surface area contributed by atoms with Crippen molar-refractivity contribution in [2.24, 2.45) is 0 Å². The third kappa shape index (κ3) is 0.240. The van der Waals surface area contributed by atoms with Crippen LogP contribution < -0.4 is 5.32 Å². The largest absolute Gasteiger partial charge is 0.300 e. The lowest BCUT2D eigenvalue weighted by atomic mass is 11.2. The summed E-state index contributed by atoms with van der Waals surface area (Å²) >= 11 is 0. The van der Waals surface area contributed by atoms with E-state index in [4.69, 9.17) is 0 Å². The second kappa shape index (κ2) is 1.00. The molecular weight excluding hydrogens is 69.0 g/mol. The Labute approximate surface area is 27.6 Å². The fourth-order valence-corrected chi connectivity index (χ4v) is 0.265. The first-order valence-electron chi connectivity index (χ1n) is 1.21. The van der Waals surface area contributed by atoms with Gasteiger partial charge in [-0.25, -0.2) is 0 Å². The summed E-state index contributed by atoms with van der Waals surface area (Å²) in [5, 5.41) is 2.87. The molecule has 2 heteroatoms. The van der Waals surface area contributed by atoms with Gasteiger partial charge < -0.3 is 5.32 Å². The molecule has 0 aliphatic carbocycles. The summed E-state index contributed by atoms with van der Waals surface area (Å²) in [4.78, 5) is 0. The summed E-state index contributed by atoms with van der Waals surface area (Å²) in [5.74, 6) is 0. The SMILES string of the molecule is [C]1NCP1. The van der Waals surface area contributed by atoms with Crippen molar-refractivity contribution >= 4 is 8.58 Å². The highest BCUT2D eigenvalue weighted by molar-refractivity contribution is 7.42. The van der Waals surface area contributed by atoms with Gasteiger partial charge in [-0.3, -0.25) is 0 Å². The molecule has 1 unspecified atom stereocenters. The van der Waals surface area contributed by atoms with Crippen molar-refractivity contribution in [1.82, 2.24) is 5.32 Å². The van der Waals surface area contributed by atoms with Crippen LogP contribution in [0.15, 0.2) is 0 Å². The molecule has 1 nitrogen and oxygen atoms in total. The zero-order valence-electron chi connectivity index (χ0n) is 2.21. The van der Waals surface area contributed by atoms with E-state index >= 15 is 0 Å². The lowest BCUT2D eigenvalue weighted by Gasteiger charge is -2.08. The molecular formula is C2H4NP. The third-order valence-corrected chi connectivity index (χ3v) is 1.06. The normalized spacial score (nSPS) is 24.0. The van der Waals surface area contributed by atoms with Gasteiger partial charge in [0.1, 0.15) is 0 Å². The average molecular weight is 73.0 g/mol. The summed E-state index contributed by atoms with van der Waals surface area (Å²) < 4.78 is 0. The summed E-state index contributed by atoms with van der Waals surface area (Å²) in [7, 11) is 0.960. The van der Waals surface area contributed by atoms with Crippen LogP contribution in [-0.2, 0) is 0 Å². The minimum absolute atomic E-state index is 0.960. The quantitative estimate of drug-likeness (QED) is 0.404. The minimum atomic E-state index is 0.960. The molecule has 1 aliphatic rings. The predicted molar refractivity (Wildman–Crippen MR) is 19.6 cm³/mol. The fraction of sp³-hybridized carbons (Fsp3) is 0.500. The van der Waals surface area contributed by atoms with E-state index in [0.29, 0.717) is 0 Å². The van der Waals surface area contributed by atoms with Crippen LogP contribution in [0, 0.1) is 6.29 Å². The molecule has 0 aromatic carbocycles. The van der Waals surface area contributed by atoms with Crippen LogP contribution in [0.3, 0.4) is 0 Å². The van der Waals surface area contributed by atoms with E-state index in [1.54, 1.807) is 0 Å². The van der Waals surface area contributed by atoms with Gasteiger partial charge in [0.05, 0.1) is 6.29 Å². The van der Waals surface area contributed by atoms with Gasteiger partial charge in [-0.15, -0.1) is 0 Å². The fourth-order valence-electron chi connectivity index (χ4n) is 0.0884. The molecule has 0 saturated carbocycles. The highest BCUT2D eigenvalue weighted by atomic mass is 31.1. The van der Waals surface area contributed by atoms with Crippen molar-refractivity contribution in [3.8, 4) is 0 Å². The molecule has 1 aliphatic heterocycles. The first-order valence-corrected chi connectivity index (χ1v) is 2.41. The van der Waals surface area contributed by atoms with Gasteiger partial charge >= 0.3 is 0 Å². The molecule has 0 aromatic rings. The first-order chi connectivity index (χ1) is 2.00. The zero-order chi connectivity index (χ0) is 2.83. The van der Waals surface area contributed by atoms with Gasteiger partial charge in [0.2, 0.25) is 0 Å². The Bertz CT molecular complexity index is 14.0. The standard InChI is InChI=1S/C2H4NP/c1-3-2-4-1/h3-4H,1H2. The van der Waals surface area contributed by atoms with E-state index in [1.807, 2.05) is 0 Å². The topological polar surface area (TPSA) is 12.0 Å². The van der Waals surface area contributed by atoms with Gasteiger partial charge in [0.15, 0.2) is 0 Å². The molecule has 4 heavy (non-hydrogen) atoms. The molecule has 1 heterocycles. The molecule has 1 N–H and O–H groups in total. The maximum Gasteiger partial charge on any atom is 0.0854 e. The van der Waals surface area contributed by atoms with Crippen LogP contribution in [0.2, 0.25) is 0 Å². The second-order valence-corrected chi connectivity index (χ2v) is 1.61. The summed E-state index contributed by atoms with van der Waals surface area (Å²) in [6, 6.07) is 0. The average Bonchev–Trinajstić information content (AvgIpc) is 0.722. The third-order valence-electron chi connectivity index (χ3n) is 0.354.